The molecule has 0 saturated heterocycles. The molecule has 1 N–H and O–H groups in total. The Kier molecular flexibility index (Phi) is 11.2. The molecule has 0 spiro atoms. The topological polar surface area (TPSA) is 92.6 Å². The van der Waals surface area contributed by atoms with Crippen molar-refractivity contribution >= 4 is 40.9 Å². The number of nitrogens with zero attached hydrogens (tertiary/aromatic N) is 2. The summed E-state index contributed by atoms with van der Waals surface area (Å²) in [4.78, 5) is 39.3. The Morgan fingerprint density at radius 2 is 1.68 bits per heavy atom. The standard InChI is InChI=1S/C29H32ClN3O4S/c1-3-21(2)31-29(35)27(17-22-8-5-4-6-9-22)32(18-24-10-7-11-25(30)16-24)28(34)20-38-19-23-12-14-26(15-13-23)33(36)37/h4-16,21,27H,3,17-20H2,1-2H3,(H,31,35)/t21-,27-/m0/s1. The highest BCUT2D eigenvalue weighted by atomic mass is 35.5. The molecule has 0 unspecified atom stereocenters. The van der Waals surface area contributed by atoms with Crippen molar-refractivity contribution in [2.75, 3.05) is 5.75 Å². The van der Waals surface area contributed by atoms with Crippen LogP contribution in [0.3, 0.4) is 0 Å². The minimum Gasteiger partial charge on any atom is -0.352 e. The summed E-state index contributed by atoms with van der Waals surface area (Å²) in [5, 5.41) is 14.5. The number of hydrogen-bond donors (Lipinski definition) is 1. The molecule has 0 radical (unpaired) electrons. The maximum absolute atomic E-state index is 13.7. The Morgan fingerprint density at radius 3 is 2.32 bits per heavy atom. The van der Waals surface area contributed by atoms with Crippen molar-refractivity contribution in [2.45, 2.75) is 51.1 Å². The molecule has 3 aromatic rings. The summed E-state index contributed by atoms with van der Waals surface area (Å²) in [6.45, 7) is 4.18. The van der Waals surface area contributed by atoms with Crippen LogP contribution >= 0.6 is 23.4 Å². The molecule has 0 fully saturated rings. The van der Waals surface area contributed by atoms with Crippen molar-refractivity contribution in [1.82, 2.24) is 10.2 Å². The van der Waals surface area contributed by atoms with E-state index in [4.69, 9.17) is 11.6 Å². The number of nitro groups is 1. The number of amides is 2. The highest BCUT2D eigenvalue weighted by Gasteiger charge is 2.31. The molecule has 0 aliphatic carbocycles. The molecule has 0 bridgehead atoms. The number of non-ortho nitro benzene ring substituents is 1. The number of rotatable bonds is 13. The first-order valence-electron chi connectivity index (χ1n) is 12.5. The second-order valence-electron chi connectivity index (χ2n) is 9.09. The second-order valence-corrected chi connectivity index (χ2v) is 10.5. The molecule has 200 valence electrons. The van der Waals surface area contributed by atoms with E-state index in [0.29, 0.717) is 17.2 Å². The number of nitro benzene ring substituents is 1. The third kappa shape index (κ3) is 8.89. The molecular weight excluding hydrogens is 522 g/mol. The highest BCUT2D eigenvalue weighted by molar-refractivity contribution is 7.99. The lowest BCUT2D eigenvalue weighted by atomic mass is 10.0. The molecule has 0 heterocycles. The molecule has 38 heavy (non-hydrogen) atoms. The van der Waals surface area contributed by atoms with Crippen LogP contribution in [0.4, 0.5) is 5.69 Å². The average molecular weight is 554 g/mol. The maximum atomic E-state index is 13.7. The van der Waals surface area contributed by atoms with Crippen LogP contribution < -0.4 is 5.32 Å². The van der Waals surface area contributed by atoms with Crippen LogP contribution in [0, 0.1) is 10.1 Å². The van der Waals surface area contributed by atoms with Crippen molar-refractivity contribution in [3.63, 3.8) is 0 Å². The van der Waals surface area contributed by atoms with Gasteiger partial charge in [0.1, 0.15) is 6.04 Å². The van der Waals surface area contributed by atoms with Gasteiger partial charge in [-0.25, -0.2) is 0 Å². The fraction of sp³-hybridized carbons (Fsp3) is 0.310. The van der Waals surface area contributed by atoms with Crippen molar-refractivity contribution in [3.05, 3.63) is 111 Å². The Hall–Kier alpha value is -3.36. The van der Waals surface area contributed by atoms with Crippen molar-refractivity contribution in [3.8, 4) is 0 Å². The van der Waals surface area contributed by atoms with Gasteiger partial charge >= 0.3 is 0 Å². The molecule has 3 rings (SSSR count). The fourth-order valence-electron chi connectivity index (χ4n) is 3.88. The van der Waals surface area contributed by atoms with Gasteiger partial charge in [0.05, 0.1) is 10.7 Å². The number of nitrogens with one attached hydrogen (secondary N) is 1. The normalized spacial score (nSPS) is 12.4. The molecule has 7 nitrogen and oxygen atoms in total. The van der Waals surface area contributed by atoms with Gasteiger partial charge in [0.15, 0.2) is 0 Å². The minimum absolute atomic E-state index is 0.0265. The van der Waals surface area contributed by atoms with E-state index in [9.17, 15) is 19.7 Å². The first kappa shape index (κ1) is 29.2. The van der Waals surface area contributed by atoms with Gasteiger partial charge < -0.3 is 10.2 Å². The number of thioether (sulfide) groups is 1. The van der Waals surface area contributed by atoms with E-state index >= 15 is 0 Å². The third-order valence-corrected chi connectivity index (χ3v) is 7.38. The summed E-state index contributed by atoms with van der Waals surface area (Å²) < 4.78 is 0. The van der Waals surface area contributed by atoms with E-state index in [1.54, 1.807) is 29.2 Å². The van der Waals surface area contributed by atoms with E-state index < -0.39 is 11.0 Å². The molecule has 0 saturated carbocycles. The Bertz CT molecular complexity index is 1220. The quantitative estimate of drug-likeness (QED) is 0.206. The number of hydrogen-bond acceptors (Lipinski definition) is 5. The van der Waals surface area contributed by atoms with Gasteiger partial charge in [0, 0.05) is 41.9 Å². The molecule has 2 atom stereocenters. The predicted molar refractivity (Wildman–Crippen MR) is 153 cm³/mol. The van der Waals surface area contributed by atoms with Crippen LogP contribution in [-0.2, 0) is 28.3 Å². The monoisotopic (exact) mass is 553 g/mol. The van der Waals surface area contributed by atoms with Crippen LogP contribution in [0.2, 0.25) is 5.02 Å². The van der Waals surface area contributed by atoms with Gasteiger partial charge in [-0.05, 0) is 42.2 Å². The zero-order chi connectivity index (χ0) is 27.5. The van der Waals surface area contributed by atoms with Crippen LogP contribution in [0.5, 0.6) is 0 Å². The second kappa shape index (κ2) is 14.5. The Balaban J connectivity index is 1.83. The van der Waals surface area contributed by atoms with Crippen LogP contribution in [0.1, 0.15) is 37.0 Å². The van der Waals surface area contributed by atoms with Gasteiger partial charge in [-0.15, -0.1) is 11.8 Å². The highest BCUT2D eigenvalue weighted by Crippen LogP contribution is 2.21. The lowest BCUT2D eigenvalue weighted by Crippen LogP contribution is -2.52. The van der Waals surface area contributed by atoms with E-state index in [1.807, 2.05) is 56.3 Å². The fourth-order valence-corrected chi connectivity index (χ4v) is 4.96. The van der Waals surface area contributed by atoms with E-state index in [1.165, 1.54) is 23.9 Å². The average Bonchev–Trinajstić information content (AvgIpc) is 2.91. The predicted octanol–water partition coefficient (Wildman–Crippen LogP) is 6.04. The molecule has 0 aliphatic rings. The lowest BCUT2D eigenvalue weighted by molar-refractivity contribution is -0.384. The van der Waals surface area contributed by atoms with Gasteiger partial charge in [0.25, 0.3) is 5.69 Å². The lowest BCUT2D eigenvalue weighted by Gasteiger charge is -2.32. The zero-order valence-corrected chi connectivity index (χ0v) is 23.1. The number of carbonyl (C=O) groups excluding carboxylic acids is 2. The van der Waals surface area contributed by atoms with E-state index in [2.05, 4.69) is 5.32 Å². The Labute approximate surface area is 232 Å². The van der Waals surface area contributed by atoms with Crippen LogP contribution in [0.25, 0.3) is 0 Å². The molecule has 9 heteroatoms. The largest absolute Gasteiger partial charge is 0.352 e. The molecular formula is C29H32ClN3O4S. The number of carbonyl (C=O) groups is 2. The van der Waals surface area contributed by atoms with Gasteiger partial charge in [-0.3, -0.25) is 19.7 Å². The zero-order valence-electron chi connectivity index (χ0n) is 21.5. The first-order chi connectivity index (χ1) is 18.3. The van der Waals surface area contributed by atoms with E-state index in [-0.39, 0.29) is 35.8 Å². The third-order valence-electron chi connectivity index (χ3n) is 6.16. The minimum atomic E-state index is -0.710. The summed E-state index contributed by atoms with van der Waals surface area (Å²) in [6.07, 6.45) is 1.15. The van der Waals surface area contributed by atoms with Crippen LogP contribution in [-0.4, -0.2) is 39.5 Å². The molecule has 2 amide bonds. The maximum Gasteiger partial charge on any atom is 0.269 e. The summed E-state index contributed by atoms with van der Waals surface area (Å²) in [5.74, 6) is 0.299. The van der Waals surface area contributed by atoms with Gasteiger partial charge in [0.2, 0.25) is 11.8 Å². The Morgan fingerprint density at radius 1 is 1.00 bits per heavy atom. The summed E-state index contributed by atoms with van der Waals surface area (Å²) in [7, 11) is 0. The molecule has 0 aromatic heterocycles. The van der Waals surface area contributed by atoms with Crippen LogP contribution in [0.15, 0.2) is 78.9 Å². The van der Waals surface area contributed by atoms with Crippen molar-refractivity contribution in [1.29, 1.82) is 0 Å². The van der Waals surface area contributed by atoms with Gasteiger partial charge in [-0.2, -0.15) is 0 Å². The van der Waals surface area contributed by atoms with Gasteiger partial charge in [-0.1, -0.05) is 73.1 Å². The summed E-state index contributed by atoms with van der Waals surface area (Å²) in [6, 6.07) is 22.5. The summed E-state index contributed by atoms with van der Waals surface area (Å²) >= 11 is 7.63. The van der Waals surface area contributed by atoms with E-state index in [0.717, 1.165) is 23.1 Å². The smallest absolute Gasteiger partial charge is 0.269 e. The SMILES string of the molecule is CC[C@H](C)NC(=O)[C@H](Cc1ccccc1)N(Cc1cccc(Cl)c1)C(=O)CSCc1ccc([N+](=O)[O-])cc1. The van der Waals surface area contributed by atoms with Crippen molar-refractivity contribution < 1.29 is 14.5 Å². The number of benzene rings is 3. The molecule has 0 aliphatic heterocycles. The first-order valence-corrected chi connectivity index (χ1v) is 14.0. The summed E-state index contributed by atoms with van der Waals surface area (Å²) in [5.41, 5.74) is 2.70. The van der Waals surface area contributed by atoms with Crippen molar-refractivity contribution in [2.24, 2.45) is 0 Å². The number of halogens is 1. The molecule has 3 aromatic carbocycles.